The molecule has 3 heteroatoms. The highest BCUT2D eigenvalue weighted by atomic mass is 28.3. The Hall–Kier alpha value is -1.09. The summed E-state index contributed by atoms with van der Waals surface area (Å²) in [6, 6.07) is 10.6. The lowest BCUT2D eigenvalue weighted by molar-refractivity contribution is -0.128. The first-order valence-corrected chi connectivity index (χ1v) is 9.68. The molecule has 0 saturated carbocycles. The van der Waals surface area contributed by atoms with Crippen LogP contribution >= 0.6 is 0 Å². The largest absolute Gasteiger partial charge is 0.349 e. The van der Waals surface area contributed by atoms with Crippen molar-refractivity contribution in [1.29, 1.82) is 0 Å². The molecule has 0 aliphatic carbocycles. The third-order valence-electron chi connectivity index (χ3n) is 4.78. The van der Waals surface area contributed by atoms with Gasteiger partial charge >= 0.3 is 0 Å². The minimum absolute atomic E-state index is 0.194. The molecule has 1 aromatic rings. The van der Waals surface area contributed by atoms with Crippen molar-refractivity contribution in [1.82, 2.24) is 5.32 Å². The maximum absolute atomic E-state index is 12.0. The zero-order valence-electron chi connectivity index (χ0n) is 11.9. The highest BCUT2D eigenvalue weighted by Crippen LogP contribution is 2.52. The summed E-state index contributed by atoms with van der Waals surface area (Å²) in [4.78, 5) is 12.0. The summed E-state index contributed by atoms with van der Waals surface area (Å²) in [6.45, 7) is 11.5. The Labute approximate surface area is 111 Å². The van der Waals surface area contributed by atoms with Crippen LogP contribution < -0.4 is 5.32 Å². The quantitative estimate of drug-likeness (QED) is 0.638. The number of amides is 1. The molecule has 1 aliphatic heterocycles. The van der Waals surface area contributed by atoms with Gasteiger partial charge in [-0.05, 0) is 10.6 Å². The van der Waals surface area contributed by atoms with Crippen LogP contribution in [-0.4, -0.2) is 14.0 Å². The molecule has 1 fully saturated rings. The summed E-state index contributed by atoms with van der Waals surface area (Å²) >= 11 is 0. The fraction of sp³-hybridized carbons (Fsp3) is 0.533. The zero-order valence-corrected chi connectivity index (χ0v) is 12.9. The van der Waals surface area contributed by atoms with E-state index in [0.29, 0.717) is 0 Å². The highest BCUT2D eigenvalue weighted by molar-refractivity contribution is 6.85. The lowest BCUT2D eigenvalue weighted by atomic mass is 9.96. The number of benzene rings is 1. The van der Waals surface area contributed by atoms with E-state index < -0.39 is 8.07 Å². The fourth-order valence-corrected chi connectivity index (χ4v) is 5.31. The molecule has 2 rings (SSSR count). The molecule has 1 heterocycles. The van der Waals surface area contributed by atoms with Crippen LogP contribution in [0.15, 0.2) is 30.3 Å². The van der Waals surface area contributed by atoms with Crippen LogP contribution in [0.4, 0.5) is 0 Å². The highest BCUT2D eigenvalue weighted by Gasteiger charge is 2.54. The fourth-order valence-electron chi connectivity index (χ4n) is 2.53. The molecule has 2 nitrogen and oxygen atoms in total. The van der Waals surface area contributed by atoms with Crippen LogP contribution in [-0.2, 0) is 4.79 Å². The molecular formula is C15H23NOSi. The van der Waals surface area contributed by atoms with E-state index >= 15 is 0 Å². The Morgan fingerprint density at radius 3 is 2.11 bits per heavy atom. The van der Waals surface area contributed by atoms with E-state index in [1.54, 1.807) is 0 Å². The zero-order chi connectivity index (χ0) is 13.6. The maximum Gasteiger partial charge on any atom is 0.223 e. The van der Waals surface area contributed by atoms with E-state index in [2.05, 4.69) is 51.3 Å². The van der Waals surface area contributed by atoms with Gasteiger partial charge in [-0.3, -0.25) is 4.79 Å². The van der Waals surface area contributed by atoms with Crippen LogP contribution in [0.1, 0.15) is 32.4 Å². The summed E-state index contributed by atoms with van der Waals surface area (Å²) in [5, 5.41) is 3.32. The third kappa shape index (κ3) is 2.01. The van der Waals surface area contributed by atoms with Crippen LogP contribution in [0.3, 0.4) is 0 Å². The van der Waals surface area contributed by atoms with Crippen molar-refractivity contribution < 1.29 is 4.79 Å². The van der Waals surface area contributed by atoms with E-state index in [0.717, 1.165) is 0 Å². The van der Waals surface area contributed by atoms with E-state index in [4.69, 9.17) is 0 Å². The number of β-lactam (4-membered cyclic amide) rings is 1. The van der Waals surface area contributed by atoms with Gasteiger partial charge in [-0.1, -0.05) is 64.2 Å². The van der Waals surface area contributed by atoms with Crippen LogP contribution in [0.5, 0.6) is 0 Å². The Balaban J connectivity index is 2.30. The number of carbonyl (C=O) groups excluding carboxylic acids is 1. The first-order chi connectivity index (χ1) is 8.25. The number of nitrogens with one attached hydrogen (secondary N) is 1. The van der Waals surface area contributed by atoms with Crippen LogP contribution in [0, 0.1) is 0 Å². The molecule has 1 N–H and O–H groups in total. The van der Waals surface area contributed by atoms with E-state index in [1.165, 1.54) is 5.56 Å². The monoisotopic (exact) mass is 261 g/mol. The van der Waals surface area contributed by atoms with E-state index in [9.17, 15) is 4.79 Å². The van der Waals surface area contributed by atoms with E-state index in [-0.39, 0.29) is 22.5 Å². The van der Waals surface area contributed by atoms with Gasteiger partial charge in [0.2, 0.25) is 5.91 Å². The van der Waals surface area contributed by atoms with Crippen LogP contribution in [0.2, 0.25) is 23.7 Å². The first-order valence-electron chi connectivity index (χ1n) is 6.60. The third-order valence-corrected chi connectivity index (χ3v) is 10.8. The van der Waals surface area contributed by atoms with Crippen molar-refractivity contribution in [3.05, 3.63) is 35.9 Å². The molecule has 1 aromatic carbocycles. The molecule has 1 amide bonds. The second-order valence-corrected chi connectivity index (χ2v) is 12.4. The second kappa shape index (κ2) is 4.23. The molecule has 98 valence electrons. The van der Waals surface area contributed by atoms with Crippen molar-refractivity contribution in [2.75, 3.05) is 0 Å². The van der Waals surface area contributed by atoms with Crippen molar-refractivity contribution >= 4 is 14.0 Å². The summed E-state index contributed by atoms with van der Waals surface area (Å²) in [7, 11) is -1.64. The molecule has 2 atom stereocenters. The molecule has 0 spiro atoms. The number of rotatable bonds is 2. The van der Waals surface area contributed by atoms with Gasteiger partial charge < -0.3 is 5.32 Å². The van der Waals surface area contributed by atoms with Gasteiger partial charge in [-0.25, -0.2) is 0 Å². The SMILES string of the molecule is CC(C)(C)[Si](C)(C)[C@H]1C(=O)N[C@H]1c1ccccc1. The molecule has 0 bridgehead atoms. The predicted octanol–water partition coefficient (Wildman–Crippen LogP) is 3.74. The predicted molar refractivity (Wildman–Crippen MR) is 78.3 cm³/mol. The Morgan fingerprint density at radius 2 is 1.67 bits per heavy atom. The topological polar surface area (TPSA) is 29.1 Å². The minimum Gasteiger partial charge on any atom is -0.349 e. The van der Waals surface area contributed by atoms with Crippen molar-refractivity contribution in [3.8, 4) is 0 Å². The summed E-state index contributed by atoms with van der Waals surface area (Å²) in [6.07, 6.45) is 0. The molecular weight excluding hydrogens is 238 g/mol. The molecule has 1 saturated heterocycles. The molecule has 0 unspecified atom stereocenters. The number of hydrogen-bond acceptors (Lipinski definition) is 1. The number of carbonyl (C=O) groups is 1. The number of hydrogen-bond donors (Lipinski definition) is 1. The van der Waals surface area contributed by atoms with Gasteiger partial charge in [0.05, 0.1) is 19.7 Å². The average Bonchev–Trinajstić information content (AvgIpc) is 2.24. The van der Waals surface area contributed by atoms with Crippen molar-refractivity contribution in [3.63, 3.8) is 0 Å². The first kappa shape index (κ1) is 13.3. The summed E-state index contributed by atoms with van der Waals surface area (Å²) in [5.41, 5.74) is 1.44. The standard InChI is InChI=1S/C15H23NOSi/c1-15(2,3)18(4,5)13-12(16-14(13)17)11-9-7-6-8-10-11/h6-10,12-13H,1-5H3,(H,16,17)/t12-,13+/m0/s1. The average molecular weight is 261 g/mol. The van der Waals surface area contributed by atoms with Crippen molar-refractivity contribution in [2.24, 2.45) is 0 Å². The van der Waals surface area contributed by atoms with Crippen LogP contribution in [0.25, 0.3) is 0 Å². The second-order valence-electron chi connectivity index (χ2n) is 6.85. The maximum atomic E-state index is 12.0. The Morgan fingerprint density at radius 1 is 1.11 bits per heavy atom. The van der Waals surface area contributed by atoms with Gasteiger partial charge in [0.25, 0.3) is 0 Å². The lowest BCUT2D eigenvalue weighted by Gasteiger charge is -2.51. The van der Waals surface area contributed by atoms with Crippen molar-refractivity contribution in [2.45, 2.75) is 50.5 Å². The van der Waals surface area contributed by atoms with E-state index in [1.807, 2.05) is 18.2 Å². The lowest BCUT2D eigenvalue weighted by Crippen LogP contribution is -2.60. The summed E-state index contributed by atoms with van der Waals surface area (Å²) in [5.74, 6) is 0.246. The van der Waals surface area contributed by atoms with Gasteiger partial charge in [0.15, 0.2) is 0 Å². The molecule has 0 aromatic heterocycles. The van der Waals surface area contributed by atoms with Gasteiger partial charge in [0.1, 0.15) is 0 Å². The summed E-state index contributed by atoms with van der Waals surface area (Å²) < 4.78 is 0. The Bertz CT molecular complexity index is 447. The normalized spacial score (nSPS) is 24.4. The minimum atomic E-state index is -1.64. The Kier molecular flexibility index (Phi) is 3.14. The molecule has 1 aliphatic rings. The van der Waals surface area contributed by atoms with Gasteiger partial charge in [-0.2, -0.15) is 0 Å². The molecule has 18 heavy (non-hydrogen) atoms. The smallest absolute Gasteiger partial charge is 0.223 e. The van der Waals surface area contributed by atoms with Gasteiger partial charge in [-0.15, -0.1) is 0 Å². The van der Waals surface area contributed by atoms with Gasteiger partial charge in [0, 0.05) is 0 Å². The molecule has 0 radical (unpaired) electrons.